The van der Waals surface area contributed by atoms with E-state index < -0.39 is 0 Å². The fourth-order valence-electron chi connectivity index (χ4n) is 3.36. The summed E-state index contributed by atoms with van der Waals surface area (Å²) in [7, 11) is 0. The zero-order valence-corrected chi connectivity index (χ0v) is 17.9. The Balaban J connectivity index is 1.61. The molecule has 8 heteroatoms. The van der Waals surface area contributed by atoms with E-state index in [1.807, 2.05) is 43.5 Å². The molecule has 0 aliphatic heterocycles. The van der Waals surface area contributed by atoms with E-state index in [-0.39, 0.29) is 11.7 Å². The van der Waals surface area contributed by atoms with Crippen LogP contribution >= 0.6 is 0 Å². The molecule has 1 amide bonds. The predicted octanol–water partition coefficient (Wildman–Crippen LogP) is 4.75. The van der Waals surface area contributed by atoms with E-state index in [1.54, 1.807) is 33.6 Å². The molecule has 1 N–H and O–H groups in total. The molecule has 0 atom stereocenters. The van der Waals surface area contributed by atoms with Gasteiger partial charge in [0.2, 0.25) is 5.91 Å². The van der Waals surface area contributed by atoms with E-state index in [4.69, 9.17) is 5.26 Å². The zero-order valence-electron chi connectivity index (χ0n) is 17.9. The van der Waals surface area contributed by atoms with Gasteiger partial charge in [-0.2, -0.15) is 15.5 Å². The highest BCUT2D eigenvalue weighted by Gasteiger charge is 2.12. The molecule has 4 aromatic rings. The van der Waals surface area contributed by atoms with Crippen molar-refractivity contribution in [1.29, 1.82) is 5.26 Å². The minimum absolute atomic E-state index is 0.291. The monoisotopic (exact) mass is 440 g/mol. The van der Waals surface area contributed by atoms with E-state index in [2.05, 4.69) is 21.6 Å². The lowest BCUT2D eigenvalue weighted by molar-refractivity contribution is -0.111. The minimum Gasteiger partial charge on any atom is -0.307 e. The predicted molar refractivity (Wildman–Crippen MR) is 124 cm³/mol. The Morgan fingerprint density at radius 3 is 2.64 bits per heavy atom. The van der Waals surface area contributed by atoms with Gasteiger partial charge in [0.15, 0.2) is 0 Å². The number of benzene rings is 2. The second kappa shape index (κ2) is 9.75. The molecule has 0 radical (unpaired) electrons. The summed E-state index contributed by atoms with van der Waals surface area (Å²) in [6.45, 7) is 2.21. The first-order valence-corrected chi connectivity index (χ1v) is 10.3. The summed E-state index contributed by atoms with van der Waals surface area (Å²) in [6, 6.07) is 19.5. The summed E-state index contributed by atoms with van der Waals surface area (Å²) in [5.41, 5.74) is 3.67. The SMILES string of the molecule is Cc1cc(NC(=O)/C=C/c2cn(-c3ccccc3)nc2-c2ccc(F)cc2)n(CCC#N)n1. The number of rotatable bonds is 7. The Morgan fingerprint density at radius 2 is 1.91 bits per heavy atom. The molecule has 0 bridgehead atoms. The molecule has 0 aliphatic rings. The average Bonchev–Trinajstić information content (AvgIpc) is 3.40. The largest absolute Gasteiger partial charge is 0.307 e. The van der Waals surface area contributed by atoms with Crippen LogP contribution < -0.4 is 5.32 Å². The Labute approximate surface area is 190 Å². The van der Waals surface area contributed by atoms with E-state index in [0.29, 0.717) is 30.0 Å². The number of amides is 1. The minimum atomic E-state index is -0.342. The van der Waals surface area contributed by atoms with Gasteiger partial charge in [0.25, 0.3) is 0 Å². The van der Waals surface area contributed by atoms with Crippen LogP contribution in [0, 0.1) is 24.1 Å². The van der Waals surface area contributed by atoms with Crippen LogP contribution in [0.1, 0.15) is 17.7 Å². The van der Waals surface area contributed by atoms with Crippen molar-refractivity contribution in [3.63, 3.8) is 0 Å². The normalized spacial score (nSPS) is 10.9. The highest BCUT2D eigenvalue weighted by atomic mass is 19.1. The molecule has 0 fully saturated rings. The van der Waals surface area contributed by atoms with Crippen LogP contribution in [0.3, 0.4) is 0 Å². The third kappa shape index (κ3) is 5.22. The number of nitriles is 1. The number of nitrogens with one attached hydrogen (secondary N) is 1. The van der Waals surface area contributed by atoms with Crippen molar-refractivity contribution < 1.29 is 9.18 Å². The number of anilines is 1. The maximum Gasteiger partial charge on any atom is 0.249 e. The summed E-state index contributed by atoms with van der Waals surface area (Å²) in [5.74, 6) is -0.150. The van der Waals surface area contributed by atoms with Crippen LogP contribution in [0.15, 0.2) is 72.9 Å². The lowest BCUT2D eigenvalue weighted by Gasteiger charge is -2.05. The summed E-state index contributed by atoms with van der Waals surface area (Å²) >= 11 is 0. The maximum absolute atomic E-state index is 13.4. The molecule has 0 saturated carbocycles. The quantitative estimate of drug-likeness (QED) is 0.420. The first-order valence-electron chi connectivity index (χ1n) is 10.3. The first-order chi connectivity index (χ1) is 16.0. The third-order valence-electron chi connectivity index (χ3n) is 4.88. The molecular weight excluding hydrogens is 419 g/mol. The van der Waals surface area contributed by atoms with E-state index in [9.17, 15) is 9.18 Å². The topological polar surface area (TPSA) is 88.5 Å². The number of aromatic nitrogens is 4. The van der Waals surface area contributed by atoms with E-state index in [0.717, 1.165) is 16.9 Å². The highest BCUT2D eigenvalue weighted by Crippen LogP contribution is 2.25. The third-order valence-corrected chi connectivity index (χ3v) is 4.88. The van der Waals surface area contributed by atoms with Gasteiger partial charge < -0.3 is 5.32 Å². The molecule has 33 heavy (non-hydrogen) atoms. The van der Waals surface area contributed by atoms with Crippen molar-refractivity contribution in [2.24, 2.45) is 0 Å². The summed E-state index contributed by atoms with van der Waals surface area (Å²) in [6.07, 6.45) is 5.19. The average molecular weight is 440 g/mol. The Hall–Kier alpha value is -4.51. The number of para-hydroxylation sites is 1. The lowest BCUT2D eigenvalue weighted by Crippen LogP contribution is -2.13. The van der Waals surface area contributed by atoms with Gasteiger partial charge in [0.05, 0.1) is 36.1 Å². The Kier molecular flexibility index (Phi) is 6.41. The highest BCUT2D eigenvalue weighted by molar-refractivity contribution is 6.02. The van der Waals surface area contributed by atoms with Crippen LogP contribution in [-0.4, -0.2) is 25.5 Å². The van der Waals surface area contributed by atoms with Crippen LogP contribution in [0.25, 0.3) is 23.0 Å². The fourth-order valence-corrected chi connectivity index (χ4v) is 3.36. The number of aryl methyl sites for hydroxylation is 2. The van der Waals surface area contributed by atoms with Crippen molar-refractivity contribution in [3.05, 3.63) is 90.0 Å². The summed E-state index contributed by atoms with van der Waals surface area (Å²) in [4.78, 5) is 12.6. The van der Waals surface area contributed by atoms with Gasteiger partial charge in [-0.25, -0.2) is 13.8 Å². The molecule has 2 aromatic carbocycles. The molecule has 7 nitrogen and oxygen atoms in total. The van der Waals surface area contributed by atoms with Gasteiger partial charge in [-0.05, 0) is 49.4 Å². The van der Waals surface area contributed by atoms with Gasteiger partial charge in [-0.3, -0.25) is 4.79 Å². The number of nitrogens with zero attached hydrogens (tertiary/aromatic N) is 5. The molecule has 0 saturated heterocycles. The lowest BCUT2D eigenvalue weighted by atomic mass is 10.1. The van der Waals surface area contributed by atoms with E-state index in [1.165, 1.54) is 18.2 Å². The Bertz CT molecular complexity index is 1330. The number of hydrogen-bond acceptors (Lipinski definition) is 4. The van der Waals surface area contributed by atoms with Crippen LogP contribution in [-0.2, 0) is 11.3 Å². The standard InChI is InChI=1S/C25H21FN6O/c1-18-16-23(31(29-18)15-5-14-27)28-24(33)13-10-20-17-32(22-6-3-2-4-7-22)30-25(20)19-8-11-21(26)12-9-19/h2-4,6-13,16-17H,5,15H2,1H3,(H,28,33)/b13-10+. The molecule has 0 unspecified atom stereocenters. The number of hydrogen-bond donors (Lipinski definition) is 1. The fraction of sp³-hybridized carbons (Fsp3) is 0.120. The number of carbonyl (C=O) groups excluding carboxylic acids is 1. The molecule has 0 aliphatic carbocycles. The number of halogens is 1. The van der Waals surface area contributed by atoms with Crippen molar-refractivity contribution in [3.8, 4) is 23.0 Å². The molecule has 0 spiro atoms. The molecular formula is C25H21FN6O. The molecule has 164 valence electrons. The maximum atomic E-state index is 13.4. The summed E-state index contributed by atoms with van der Waals surface area (Å²) < 4.78 is 16.7. The smallest absolute Gasteiger partial charge is 0.249 e. The van der Waals surface area contributed by atoms with Crippen molar-refractivity contribution in [2.75, 3.05) is 5.32 Å². The summed E-state index contributed by atoms with van der Waals surface area (Å²) in [5, 5.41) is 20.6. The van der Waals surface area contributed by atoms with Crippen LogP contribution in [0.5, 0.6) is 0 Å². The van der Waals surface area contributed by atoms with Gasteiger partial charge >= 0.3 is 0 Å². The Morgan fingerprint density at radius 1 is 1.15 bits per heavy atom. The molecule has 4 rings (SSSR count). The first kappa shape index (κ1) is 21.7. The molecule has 2 aromatic heterocycles. The van der Waals surface area contributed by atoms with Gasteiger partial charge in [0, 0.05) is 29.5 Å². The van der Waals surface area contributed by atoms with Gasteiger partial charge in [-0.1, -0.05) is 18.2 Å². The van der Waals surface area contributed by atoms with E-state index >= 15 is 0 Å². The second-order valence-corrected chi connectivity index (χ2v) is 7.34. The van der Waals surface area contributed by atoms with Gasteiger partial charge in [-0.15, -0.1) is 0 Å². The van der Waals surface area contributed by atoms with Crippen LogP contribution in [0.4, 0.5) is 10.2 Å². The van der Waals surface area contributed by atoms with Crippen molar-refractivity contribution >= 4 is 17.8 Å². The van der Waals surface area contributed by atoms with Crippen molar-refractivity contribution in [2.45, 2.75) is 19.9 Å². The zero-order chi connectivity index (χ0) is 23.2. The van der Waals surface area contributed by atoms with Crippen LogP contribution in [0.2, 0.25) is 0 Å². The van der Waals surface area contributed by atoms with Gasteiger partial charge in [0.1, 0.15) is 11.6 Å². The van der Waals surface area contributed by atoms with Crippen molar-refractivity contribution in [1.82, 2.24) is 19.6 Å². The molecule has 2 heterocycles. The number of carbonyl (C=O) groups is 1. The second-order valence-electron chi connectivity index (χ2n) is 7.34.